The molecule has 0 N–H and O–H groups in total. The van der Waals surface area contributed by atoms with Crippen LogP contribution in [0.4, 0.5) is 5.69 Å². The molecule has 0 aromatic heterocycles. The van der Waals surface area contributed by atoms with Crippen LogP contribution in [0, 0.1) is 0 Å². The van der Waals surface area contributed by atoms with Crippen LogP contribution in [0.1, 0.15) is 133 Å². The van der Waals surface area contributed by atoms with Crippen molar-refractivity contribution < 1.29 is 0 Å². The van der Waals surface area contributed by atoms with Crippen molar-refractivity contribution >= 4 is 5.69 Å². The molecule has 0 saturated carbocycles. The summed E-state index contributed by atoms with van der Waals surface area (Å²) in [4.78, 5) is 2.73. The number of hydrogen-bond donors (Lipinski definition) is 0. The van der Waals surface area contributed by atoms with Crippen LogP contribution in [0.3, 0.4) is 0 Å². The topological polar surface area (TPSA) is 3.24 Å². The highest BCUT2D eigenvalue weighted by Crippen LogP contribution is 2.51. The third kappa shape index (κ3) is 9.09. The molecule has 1 aliphatic heterocycles. The number of fused-ring (bicyclic) bond motifs is 1. The van der Waals surface area contributed by atoms with E-state index in [1.165, 1.54) is 112 Å². The fourth-order valence-corrected chi connectivity index (χ4v) is 6.82. The van der Waals surface area contributed by atoms with Gasteiger partial charge in [-0.2, -0.15) is 0 Å². The fraction of sp³-hybridized carbons (Fsp3) is 0.500. The first-order chi connectivity index (χ1) is 20.2. The molecule has 1 aliphatic rings. The molecule has 3 aromatic carbocycles. The standard InChI is InChI=1S/C40H55N/c1-3-4-5-6-7-8-9-10-11-12-13-14-15-16-17-26-33-41-38-32-25-24-31-37(38)40(2,36-29-22-19-23-30-36)34-39(41)35-27-20-18-21-28-35/h10-11,18-25,27-32,39H,3-9,12-17,26,33-34H2,1-2H3. The largest absolute Gasteiger partial charge is 0.364 e. The van der Waals surface area contributed by atoms with Gasteiger partial charge < -0.3 is 4.90 Å². The van der Waals surface area contributed by atoms with E-state index in [0.29, 0.717) is 6.04 Å². The Hall–Kier alpha value is -2.80. The molecule has 0 bridgehead atoms. The summed E-state index contributed by atoms with van der Waals surface area (Å²) >= 11 is 0. The number of rotatable bonds is 18. The van der Waals surface area contributed by atoms with Crippen LogP contribution in [-0.2, 0) is 5.41 Å². The molecule has 0 aliphatic carbocycles. The number of benzene rings is 3. The first kappa shape index (κ1) is 31.1. The number of anilines is 1. The minimum Gasteiger partial charge on any atom is -0.364 e. The molecule has 4 rings (SSSR count). The van der Waals surface area contributed by atoms with Crippen molar-refractivity contribution in [1.82, 2.24) is 0 Å². The third-order valence-electron chi connectivity index (χ3n) is 9.29. The lowest BCUT2D eigenvalue weighted by molar-refractivity contribution is 0.407. The van der Waals surface area contributed by atoms with Gasteiger partial charge in [-0.15, -0.1) is 0 Å². The predicted octanol–water partition coefficient (Wildman–Crippen LogP) is 12.0. The molecule has 2 atom stereocenters. The van der Waals surface area contributed by atoms with Crippen molar-refractivity contribution in [2.24, 2.45) is 0 Å². The molecule has 220 valence electrons. The van der Waals surface area contributed by atoms with E-state index in [9.17, 15) is 0 Å². The summed E-state index contributed by atoms with van der Waals surface area (Å²) in [5.41, 5.74) is 5.76. The molecule has 0 amide bonds. The van der Waals surface area contributed by atoms with Crippen molar-refractivity contribution in [2.75, 3.05) is 11.4 Å². The molecule has 3 aromatic rings. The van der Waals surface area contributed by atoms with Gasteiger partial charge in [0.05, 0.1) is 6.04 Å². The zero-order valence-corrected chi connectivity index (χ0v) is 26.1. The fourth-order valence-electron chi connectivity index (χ4n) is 6.82. The molecular formula is C40H55N. The van der Waals surface area contributed by atoms with E-state index in [2.05, 4.69) is 116 Å². The molecule has 1 nitrogen and oxygen atoms in total. The summed E-state index contributed by atoms with van der Waals surface area (Å²) in [7, 11) is 0. The minimum atomic E-state index is -0.00204. The second-order valence-corrected chi connectivity index (χ2v) is 12.5. The molecule has 2 unspecified atom stereocenters. The van der Waals surface area contributed by atoms with Gasteiger partial charge in [-0.3, -0.25) is 0 Å². The summed E-state index contributed by atoms with van der Waals surface area (Å²) in [5, 5.41) is 0. The Balaban J connectivity index is 1.26. The smallest absolute Gasteiger partial charge is 0.0554 e. The van der Waals surface area contributed by atoms with Crippen molar-refractivity contribution in [3.63, 3.8) is 0 Å². The van der Waals surface area contributed by atoms with Gasteiger partial charge >= 0.3 is 0 Å². The van der Waals surface area contributed by atoms with Gasteiger partial charge in [0.15, 0.2) is 0 Å². The molecule has 0 radical (unpaired) electrons. The molecule has 0 spiro atoms. The highest BCUT2D eigenvalue weighted by atomic mass is 15.2. The highest BCUT2D eigenvalue weighted by Gasteiger charge is 2.41. The summed E-state index contributed by atoms with van der Waals surface area (Å²) < 4.78 is 0. The molecule has 1 heteroatoms. The quantitative estimate of drug-likeness (QED) is 0.113. The summed E-state index contributed by atoms with van der Waals surface area (Å²) in [6.45, 7) is 5.88. The summed E-state index contributed by atoms with van der Waals surface area (Å²) in [6, 6.07) is 32.0. The van der Waals surface area contributed by atoms with E-state index in [0.717, 1.165) is 13.0 Å². The Kier molecular flexibility index (Phi) is 13.1. The lowest BCUT2D eigenvalue weighted by Gasteiger charge is -2.48. The number of para-hydroxylation sites is 1. The maximum Gasteiger partial charge on any atom is 0.0554 e. The molecular weight excluding hydrogens is 494 g/mol. The molecule has 41 heavy (non-hydrogen) atoms. The van der Waals surface area contributed by atoms with Crippen LogP contribution in [0.2, 0.25) is 0 Å². The number of hydrogen-bond acceptors (Lipinski definition) is 1. The van der Waals surface area contributed by atoms with E-state index < -0.39 is 0 Å². The van der Waals surface area contributed by atoms with Crippen molar-refractivity contribution in [1.29, 1.82) is 0 Å². The van der Waals surface area contributed by atoms with Crippen LogP contribution in [0.5, 0.6) is 0 Å². The Morgan fingerprint density at radius 1 is 0.634 bits per heavy atom. The molecule has 0 fully saturated rings. The van der Waals surface area contributed by atoms with Crippen molar-refractivity contribution in [3.05, 3.63) is 114 Å². The maximum absolute atomic E-state index is 2.73. The molecule has 1 heterocycles. The predicted molar refractivity (Wildman–Crippen MR) is 180 cm³/mol. The van der Waals surface area contributed by atoms with Crippen LogP contribution in [0.15, 0.2) is 97.1 Å². The van der Waals surface area contributed by atoms with Crippen LogP contribution < -0.4 is 4.90 Å². The Labute approximate surface area is 252 Å². The van der Waals surface area contributed by atoms with Gasteiger partial charge in [-0.05, 0) is 61.3 Å². The van der Waals surface area contributed by atoms with Gasteiger partial charge in [0.25, 0.3) is 0 Å². The second-order valence-electron chi connectivity index (χ2n) is 12.5. The summed E-state index contributed by atoms with van der Waals surface area (Å²) in [5.74, 6) is 0. The van der Waals surface area contributed by atoms with E-state index in [1.54, 1.807) is 0 Å². The first-order valence-electron chi connectivity index (χ1n) is 16.9. The summed E-state index contributed by atoms with van der Waals surface area (Å²) in [6.07, 6.45) is 24.9. The lowest BCUT2D eigenvalue weighted by Crippen LogP contribution is -2.42. The maximum atomic E-state index is 2.73. The van der Waals surface area contributed by atoms with Crippen LogP contribution >= 0.6 is 0 Å². The van der Waals surface area contributed by atoms with Crippen molar-refractivity contribution in [3.8, 4) is 0 Å². The SMILES string of the molecule is CCCCCCCCC=CCCCCCCCCN1c2ccccc2C(C)(c2ccccc2)CC1c1ccccc1. The lowest BCUT2D eigenvalue weighted by atomic mass is 9.67. The average molecular weight is 550 g/mol. The van der Waals surface area contributed by atoms with Gasteiger partial charge in [0.1, 0.15) is 0 Å². The van der Waals surface area contributed by atoms with Gasteiger partial charge in [-0.25, -0.2) is 0 Å². The number of unbranched alkanes of at least 4 members (excludes halogenated alkanes) is 12. The Morgan fingerprint density at radius 2 is 1.17 bits per heavy atom. The second kappa shape index (κ2) is 17.2. The normalized spacial score (nSPS) is 18.6. The van der Waals surface area contributed by atoms with E-state index >= 15 is 0 Å². The number of allylic oxidation sites excluding steroid dienone is 2. The Morgan fingerprint density at radius 3 is 1.83 bits per heavy atom. The molecule has 0 saturated heterocycles. The zero-order chi connectivity index (χ0) is 28.6. The number of nitrogens with zero attached hydrogens (tertiary/aromatic N) is 1. The van der Waals surface area contributed by atoms with Gasteiger partial charge in [-0.1, -0.05) is 163 Å². The third-order valence-corrected chi connectivity index (χ3v) is 9.29. The van der Waals surface area contributed by atoms with E-state index in [1.807, 2.05) is 0 Å². The minimum absolute atomic E-state index is 0.00204. The van der Waals surface area contributed by atoms with Gasteiger partial charge in [0, 0.05) is 17.6 Å². The first-order valence-corrected chi connectivity index (χ1v) is 16.9. The van der Waals surface area contributed by atoms with Crippen molar-refractivity contribution in [2.45, 2.75) is 122 Å². The Bertz CT molecular complexity index is 1130. The van der Waals surface area contributed by atoms with Crippen LogP contribution in [0.25, 0.3) is 0 Å². The van der Waals surface area contributed by atoms with Gasteiger partial charge in [0.2, 0.25) is 0 Å². The van der Waals surface area contributed by atoms with Crippen LogP contribution in [-0.4, -0.2) is 6.54 Å². The zero-order valence-electron chi connectivity index (χ0n) is 26.1. The average Bonchev–Trinajstić information content (AvgIpc) is 3.02. The highest BCUT2D eigenvalue weighted by molar-refractivity contribution is 5.64. The van der Waals surface area contributed by atoms with E-state index in [4.69, 9.17) is 0 Å². The monoisotopic (exact) mass is 549 g/mol. The van der Waals surface area contributed by atoms with E-state index in [-0.39, 0.29) is 5.41 Å².